The molecular weight excluding hydrogens is 1730 g/mol. The molecule has 0 aliphatic heterocycles. The maximum absolute atomic E-state index is 12.7. The molecule has 5 aromatic heterocycles. The van der Waals surface area contributed by atoms with Crippen molar-refractivity contribution in [3.8, 4) is 40.1 Å². The van der Waals surface area contributed by atoms with E-state index < -0.39 is 13.7 Å². The Morgan fingerprint density at radius 1 is 0.346 bits per heavy atom. The molecule has 0 atom stereocenters. The standard InChI is InChI=1S/C102H116B2Cl4N8O2.C8H4Cl2N2/c1-4-6-8-10-12-14-16-18-20-22-24-26-28-30-32-34-36-50-68-117-83-64-60-77(61-65-83)99-96-97(102(98(110-3)95-76-112-91-71-87(106)89(108)73-93(91)114-95)116(99)104(81-56-46-40-47-57-81)82-58-48-41-49-59-82)100(78-62-66-84(67-63-78)118-69-51-37-35-33-31-29-27-25-23-21-19-17-15-13-11-9-7-5-2)115(103(79-52-42-38-43-53-79)80-54-44-39-45-55-80)101(96)85(74-109)94-75-111-90-70-86(105)88(107)72-92(90)113-94;9-5-1-2-6-7(3-5)11-4-8(10)12-6/h38-49,52-67,70-73,75-76H,4-37,50-51,68-69H2,1-2H3;1-4H/b101-85-,102-98+;. The van der Waals surface area contributed by atoms with Crippen molar-refractivity contribution in [3.63, 3.8) is 0 Å². The third-order valence-corrected chi connectivity index (χ3v) is 26.6. The van der Waals surface area contributed by atoms with Crippen molar-refractivity contribution in [2.24, 2.45) is 0 Å². The van der Waals surface area contributed by atoms with Crippen LogP contribution in [0.25, 0.3) is 82.5 Å². The second kappa shape index (κ2) is 52.3. The molecule has 0 bridgehead atoms. The average molecular weight is 1850 g/mol. The summed E-state index contributed by atoms with van der Waals surface area (Å²) in [4.78, 5) is 33.6. The normalized spacial score (nSPS) is 11.9. The highest BCUT2D eigenvalue weighted by Crippen LogP contribution is 2.39. The van der Waals surface area contributed by atoms with Crippen LogP contribution in [0.15, 0.2) is 231 Å². The first kappa shape index (κ1) is 97.5. The smallest absolute Gasteiger partial charge is 0.328 e. The molecule has 0 saturated carbocycles. The van der Waals surface area contributed by atoms with Crippen molar-refractivity contribution < 1.29 is 9.47 Å². The molecule has 20 heteroatoms. The van der Waals surface area contributed by atoms with Gasteiger partial charge in [-0.25, -0.2) is 14.8 Å². The van der Waals surface area contributed by atoms with Crippen LogP contribution in [0.2, 0.25) is 30.3 Å². The fourth-order valence-corrected chi connectivity index (χ4v) is 18.9. The summed E-state index contributed by atoms with van der Waals surface area (Å²) in [5.41, 5.74) is 11.2. The predicted octanol–water partition coefficient (Wildman–Crippen LogP) is 29.2. The molecule has 9 aromatic carbocycles. The van der Waals surface area contributed by atoms with E-state index in [0.29, 0.717) is 110 Å². The largest absolute Gasteiger partial charge is 0.494 e. The van der Waals surface area contributed by atoms with Crippen molar-refractivity contribution in [3.05, 3.63) is 295 Å². The van der Waals surface area contributed by atoms with Crippen molar-refractivity contribution in [2.75, 3.05) is 13.2 Å². The molecular formula is C110H120B2Cl6N10O2. The molecule has 0 unspecified atom stereocenters. The highest BCUT2D eigenvalue weighted by Gasteiger charge is 2.38. The van der Waals surface area contributed by atoms with Gasteiger partial charge in [0.2, 0.25) is 5.70 Å². The Labute approximate surface area is 800 Å². The topological polar surface area (TPSA) is 134 Å². The Bertz CT molecular complexity index is 5680. The van der Waals surface area contributed by atoms with Crippen LogP contribution in [0.1, 0.15) is 256 Å². The molecule has 0 amide bonds. The lowest BCUT2D eigenvalue weighted by atomic mass is 9.50. The number of aromatic nitrogens is 8. The molecule has 130 heavy (non-hydrogen) atoms. The summed E-state index contributed by atoms with van der Waals surface area (Å²) in [6.45, 7) is 14.3. The Hall–Kier alpha value is -9.99. The summed E-state index contributed by atoms with van der Waals surface area (Å²) in [6.07, 6.45) is 51.9. The Kier molecular flexibility index (Phi) is 39.2. The number of ether oxygens (including phenoxy) is 2. The van der Waals surface area contributed by atoms with Crippen molar-refractivity contribution in [2.45, 2.75) is 245 Å². The van der Waals surface area contributed by atoms with Gasteiger partial charge in [0.15, 0.2) is 0 Å². The van der Waals surface area contributed by atoms with Gasteiger partial charge in [-0.05, 0) is 115 Å². The third kappa shape index (κ3) is 27.1. The van der Waals surface area contributed by atoms with Crippen molar-refractivity contribution in [1.29, 1.82) is 5.26 Å². The highest BCUT2D eigenvalue weighted by atomic mass is 35.5. The van der Waals surface area contributed by atoms with Crippen LogP contribution < -0.4 is 42.0 Å². The summed E-state index contributed by atoms with van der Waals surface area (Å²) < 4.78 is 18.0. The van der Waals surface area contributed by atoms with Gasteiger partial charge in [0.05, 0.1) is 96.4 Å². The minimum atomic E-state index is -0.641. The van der Waals surface area contributed by atoms with Gasteiger partial charge < -0.3 is 18.4 Å². The van der Waals surface area contributed by atoms with E-state index in [4.69, 9.17) is 104 Å². The number of halogens is 6. The van der Waals surface area contributed by atoms with E-state index in [1.807, 2.05) is 24.3 Å². The molecule has 12 nitrogen and oxygen atoms in total. The molecule has 0 saturated heterocycles. The molecule has 5 heterocycles. The summed E-state index contributed by atoms with van der Waals surface area (Å²) >= 11 is 38.6. The van der Waals surface area contributed by atoms with E-state index in [-0.39, 0.29) is 11.3 Å². The van der Waals surface area contributed by atoms with Gasteiger partial charge in [-0.2, -0.15) is 5.26 Å². The van der Waals surface area contributed by atoms with Crippen molar-refractivity contribution >= 4 is 160 Å². The van der Waals surface area contributed by atoms with E-state index in [9.17, 15) is 11.8 Å². The van der Waals surface area contributed by atoms with Gasteiger partial charge >= 0.3 is 13.7 Å². The van der Waals surface area contributed by atoms with Gasteiger partial charge in [-0.3, -0.25) is 19.9 Å². The zero-order valence-electron chi connectivity index (χ0n) is 75.5. The number of nitriles is 1. The average Bonchev–Trinajstić information content (AvgIpc) is 1.52. The van der Waals surface area contributed by atoms with Gasteiger partial charge in [-0.15, -0.1) is 0 Å². The number of hydrogen-bond donors (Lipinski definition) is 0. The van der Waals surface area contributed by atoms with Gasteiger partial charge in [0.1, 0.15) is 34.0 Å². The third-order valence-electron chi connectivity index (χ3n) is 24.8. The van der Waals surface area contributed by atoms with Gasteiger partial charge in [0, 0.05) is 38.7 Å². The first-order valence-electron chi connectivity index (χ1n) is 47.8. The number of hydrogen-bond acceptors (Lipinski definition) is 9. The van der Waals surface area contributed by atoms with Gasteiger partial charge in [0.25, 0.3) is 0 Å². The van der Waals surface area contributed by atoms with E-state index >= 15 is 0 Å². The molecule has 14 rings (SSSR count). The Morgan fingerprint density at radius 2 is 0.662 bits per heavy atom. The Morgan fingerprint density at radius 3 is 1.02 bits per heavy atom. The number of nitrogens with zero attached hydrogens (tertiary/aromatic N) is 10. The molecule has 670 valence electrons. The molecule has 14 aromatic rings. The van der Waals surface area contributed by atoms with E-state index in [0.717, 1.165) is 81.2 Å². The minimum absolute atomic E-state index is 0.193. The van der Waals surface area contributed by atoms with Crippen LogP contribution in [0.4, 0.5) is 0 Å². The second-order valence-electron chi connectivity index (χ2n) is 34.4. The van der Waals surface area contributed by atoms with E-state index in [1.165, 1.54) is 212 Å². The maximum Gasteiger partial charge on any atom is 0.328 e. The molecule has 0 radical (unpaired) electrons. The summed E-state index contributed by atoms with van der Waals surface area (Å²) in [7, 11) is 0. The van der Waals surface area contributed by atoms with Crippen molar-refractivity contribution in [1.82, 2.24) is 38.9 Å². The number of rotatable bonds is 50. The summed E-state index contributed by atoms with van der Waals surface area (Å²) in [6, 6.07) is 73.3. The lowest BCUT2D eigenvalue weighted by molar-refractivity contribution is 0.304. The van der Waals surface area contributed by atoms with Gasteiger partial charge in [-0.1, -0.05) is 445 Å². The maximum atomic E-state index is 12.7. The van der Waals surface area contributed by atoms with E-state index in [2.05, 4.69) is 184 Å². The number of unbranched alkanes of at least 4 members (excludes halogenated alkanes) is 34. The number of benzene rings is 9. The Balaban J connectivity index is 0.00000110. The van der Waals surface area contributed by atoms with Crippen LogP contribution >= 0.6 is 69.6 Å². The number of fused-ring (bicyclic) bond motifs is 4. The summed E-state index contributed by atoms with van der Waals surface area (Å²) in [5.74, 6) is 1.46. The minimum Gasteiger partial charge on any atom is -0.494 e. The predicted molar refractivity (Wildman–Crippen MR) is 551 cm³/mol. The summed E-state index contributed by atoms with van der Waals surface area (Å²) in [5, 5.41) is 17.4. The zero-order valence-corrected chi connectivity index (χ0v) is 80.1. The fraction of sp³-hybridized carbons (Fsp3) is 0.364. The van der Waals surface area contributed by atoms with Crippen LogP contribution in [-0.2, 0) is 0 Å². The quantitative estimate of drug-likeness (QED) is 0.0207. The molecule has 0 N–H and O–H groups in total. The second-order valence-corrected chi connectivity index (χ2v) is 36.8. The monoisotopic (exact) mass is 1840 g/mol. The highest BCUT2D eigenvalue weighted by molar-refractivity contribution is 6.85. The van der Waals surface area contributed by atoms with E-state index in [1.54, 1.807) is 54.9 Å². The van der Waals surface area contributed by atoms with Crippen LogP contribution in [0.5, 0.6) is 11.5 Å². The first-order chi connectivity index (χ1) is 63.9. The van der Waals surface area contributed by atoms with Crippen LogP contribution in [0, 0.1) is 17.9 Å². The molecule has 0 spiro atoms. The lowest BCUT2D eigenvalue weighted by Crippen LogP contribution is -2.54. The first-order valence-corrected chi connectivity index (χ1v) is 50.0. The fourth-order valence-electron chi connectivity index (χ4n) is 18.0. The lowest BCUT2D eigenvalue weighted by Gasteiger charge is -2.24. The van der Waals surface area contributed by atoms with Crippen LogP contribution in [-0.4, -0.2) is 65.8 Å². The zero-order chi connectivity index (χ0) is 90.4. The molecule has 0 aliphatic carbocycles. The van der Waals surface area contributed by atoms with Crippen LogP contribution in [0.3, 0.4) is 0 Å². The SMILES string of the molecule is Clc1ccc2nc(Cl)cnc2c1.[C-]#[N+]/C(c1cnc2cc(Cl)c(Cl)cc2n1)=c1\c2c(-c3ccc(OCCCCCCCCCCCCCCCCCCCC)cc3)n(B(c3ccccc3)c3ccccc3)/c(=C(/C#N)c3cnc4cc(Cl)c(Cl)cc4n3)c2c(-c2ccc(OCCCCCCCCCCCCCCCCCCCC)cc2)n1B(c1ccccc1)c1ccccc1. The molecule has 0 aliphatic rings. The molecule has 0 fully saturated rings.